The Labute approximate surface area is 85.2 Å². The zero-order chi connectivity index (χ0) is 9.97. The van der Waals surface area contributed by atoms with Gasteiger partial charge in [-0.2, -0.15) is 0 Å². The molecule has 0 saturated carbocycles. The van der Waals surface area contributed by atoms with Crippen molar-refractivity contribution in [2.75, 3.05) is 0 Å². The molecule has 0 aliphatic carbocycles. The lowest BCUT2D eigenvalue weighted by Crippen LogP contribution is -1.81. The Balaban J connectivity index is 2.50. The summed E-state index contributed by atoms with van der Waals surface area (Å²) in [4.78, 5) is 0. The molecule has 0 aliphatic heterocycles. The summed E-state index contributed by atoms with van der Waals surface area (Å²) in [5.41, 5.74) is 4.89. The van der Waals surface area contributed by atoms with Gasteiger partial charge < -0.3 is 0 Å². The number of benzene rings is 1. The molecule has 0 bridgehead atoms. The summed E-state index contributed by atoms with van der Waals surface area (Å²) >= 11 is 0. The van der Waals surface area contributed by atoms with E-state index in [1.807, 2.05) is 6.07 Å². The highest BCUT2D eigenvalue weighted by Crippen LogP contribution is 2.20. The standard InChI is InChI=1S/C14H12/c1-11-7-9-13(10-8-11)14-6-4-3-5-12(14)2/h3,5,7-10H,1-2H3. The molecular weight excluding hydrogens is 168 g/mol. The summed E-state index contributed by atoms with van der Waals surface area (Å²) in [6.45, 7) is 4.19. The van der Waals surface area contributed by atoms with Crippen molar-refractivity contribution in [3.8, 4) is 11.1 Å². The van der Waals surface area contributed by atoms with Crippen molar-refractivity contribution in [1.29, 1.82) is 0 Å². The summed E-state index contributed by atoms with van der Waals surface area (Å²) < 4.78 is 0. The third kappa shape index (κ3) is 1.63. The average Bonchev–Trinajstić information content (AvgIpc) is 2.20. The van der Waals surface area contributed by atoms with Gasteiger partial charge in [0, 0.05) is 5.56 Å². The highest BCUT2D eigenvalue weighted by Gasteiger charge is 1.98. The fourth-order valence-corrected chi connectivity index (χ4v) is 1.48. The van der Waals surface area contributed by atoms with Crippen LogP contribution in [-0.2, 0) is 0 Å². The van der Waals surface area contributed by atoms with Crippen molar-refractivity contribution in [1.82, 2.24) is 0 Å². The second kappa shape index (κ2) is 3.55. The molecule has 2 aromatic rings. The molecule has 0 aliphatic rings. The number of rotatable bonds is 1. The molecule has 0 spiro atoms. The van der Waals surface area contributed by atoms with Crippen molar-refractivity contribution in [2.45, 2.75) is 13.8 Å². The summed E-state index contributed by atoms with van der Waals surface area (Å²) in [6.07, 6.45) is 0. The van der Waals surface area contributed by atoms with Crippen LogP contribution in [0, 0.1) is 26.0 Å². The normalized spacial score (nSPS) is 9.57. The van der Waals surface area contributed by atoms with Gasteiger partial charge in [0.05, 0.1) is 0 Å². The van der Waals surface area contributed by atoms with Crippen molar-refractivity contribution < 1.29 is 0 Å². The zero-order valence-corrected chi connectivity index (χ0v) is 8.46. The molecule has 14 heavy (non-hydrogen) atoms. The van der Waals surface area contributed by atoms with E-state index in [9.17, 15) is 0 Å². The first kappa shape index (κ1) is 8.84. The Morgan fingerprint density at radius 2 is 1.64 bits per heavy atom. The molecule has 0 nitrogen and oxygen atoms in total. The fraction of sp³-hybridized carbons (Fsp3) is 0.143. The highest BCUT2D eigenvalue weighted by molar-refractivity contribution is 5.65. The molecule has 68 valence electrons. The molecule has 0 atom stereocenters. The third-order valence-corrected chi connectivity index (χ3v) is 2.35. The predicted molar refractivity (Wildman–Crippen MR) is 59.0 cm³/mol. The molecule has 0 heterocycles. The van der Waals surface area contributed by atoms with E-state index < -0.39 is 0 Å². The number of hydrogen-bond donors (Lipinski definition) is 0. The average molecular weight is 180 g/mol. The molecule has 0 fully saturated rings. The van der Waals surface area contributed by atoms with E-state index in [-0.39, 0.29) is 0 Å². The van der Waals surface area contributed by atoms with Gasteiger partial charge >= 0.3 is 0 Å². The molecule has 0 saturated heterocycles. The van der Waals surface area contributed by atoms with E-state index in [4.69, 9.17) is 0 Å². The second-order valence-corrected chi connectivity index (χ2v) is 3.53. The maximum absolute atomic E-state index is 3.15. The van der Waals surface area contributed by atoms with Crippen LogP contribution in [0.15, 0.2) is 36.4 Å². The molecule has 0 amide bonds. The van der Waals surface area contributed by atoms with E-state index in [0.717, 1.165) is 5.56 Å². The van der Waals surface area contributed by atoms with E-state index in [2.05, 4.69) is 56.3 Å². The first-order valence-electron chi connectivity index (χ1n) is 4.73. The molecule has 0 radical (unpaired) electrons. The second-order valence-electron chi connectivity index (χ2n) is 3.53. The van der Waals surface area contributed by atoms with Crippen LogP contribution in [0.25, 0.3) is 11.1 Å². The molecular formula is C14H12. The Kier molecular flexibility index (Phi) is 2.24. The summed E-state index contributed by atoms with van der Waals surface area (Å²) in [5.74, 6) is 0. The molecule has 0 N–H and O–H groups in total. The first-order valence-corrected chi connectivity index (χ1v) is 4.73. The van der Waals surface area contributed by atoms with Crippen LogP contribution < -0.4 is 0 Å². The van der Waals surface area contributed by atoms with Crippen molar-refractivity contribution in [2.24, 2.45) is 0 Å². The van der Waals surface area contributed by atoms with E-state index in [1.54, 1.807) is 0 Å². The van der Waals surface area contributed by atoms with E-state index in [0.29, 0.717) is 0 Å². The van der Waals surface area contributed by atoms with Gasteiger partial charge in [-0.25, -0.2) is 0 Å². The smallest absolute Gasteiger partial charge is 0.0350 e. The van der Waals surface area contributed by atoms with Crippen LogP contribution in [0.1, 0.15) is 11.1 Å². The van der Waals surface area contributed by atoms with Gasteiger partial charge in [-0.1, -0.05) is 42.0 Å². The van der Waals surface area contributed by atoms with Gasteiger partial charge in [-0.3, -0.25) is 0 Å². The number of hydrogen-bond acceptors (Lipinski definition) is 0. The zero-order valence-electron chi connectivity index (χ0n) is 8.46. The van der Waals surface area contributed by atoms with Gasteiger partial charge in [-0.15, -0.1) is 0 Å². The lowest BCUT2D eigenvalue weighted by atomic mass is 10.0. The van der Waals surface area contributed by atoms with Crippen molar-refractivity contribution >= 4 is 0 Å². The van der Waals surface area contributed by atoms with Crippen molar-refractivity contribution in [3.05, 3.63) is 59.7 Å². The SMILES string of the molecule is Cc1ccc(-c2c#cccc2C)cc1. The van der Waals surface area contributed by atoms with Crippen LogP contribution in [0.4, 0.5) is 0 Å². The van der Waals surface area contributed by atoms with Crippen LogP contribution in [-0.4, -0.2) is 0 Å². The highest BCUT2D eigenvalue weighted by atomic mass is 14.0. The molecule has 0 heteroatoms. The Bertz CT molecular complexity index is 424. The van der Waals surface area contributed by atoms with Gasteiger partial charge in [0.2, 0.25) is 0 Å². The minimum absolute atomic E-state index is 1.15. The van der Waals surface area contributed by atoms with Gasteiger partial charge in [0.15, 0.2) is 0 Å². The monoisotopic (exact) mass is 180 g/mol. The fourth-order valence-electron chi connectivity index (χ4n) is 1.48. The maximum Gasteiger partial charge on any atom is 0.0350 e. The summed E-state index contributed by atoms with van der Waals surface area (Å²) in [7, 11) is 0. The molecule has 0 aromatic heterocycles. The first-order chi connectivity index (χ1) is 6.77. The Morgan fingerprint density at radius 1 is 0.929 bits per heavy atom. The van der Waals surface area contributed by atoms with E-state index >= 15 is 0 Å². The van der Waals surface area contributed by atoms with Crippen LogP contribution in [0.5, 0.6) is 0 Å². The lowest BCUT2D eigenvalue weighted by molar-refractivity contribution is 1.44. The van der Waals surface area contributed by atoms with Gasteiger partial charge in [0.25, 0.3) is 0 Å². The molecule has 2 aromatic carbocycles. The largest absolute Gasteiger partial charge is 0.0696 e. The van der Waals surface area contributed by atoms with Crippen LogP contribution in [0.2, 0.25) is 0 Å². The van der Waals surface area contributed by atoms with Crippen LogP contribution in [0.3, 0.4) is 0 Å². The Hall–Kier alpha value is -1.74. The van der Waals surface area contributed by atoms with Gasteiger partial charge in [-0.05, 0) is 37.1 Å². The third-order valence-electron chi connectivity index (χ3n) is 2.35. The van der Waals surface area contributed by atoms with Crippen LogP contribution >= 0.6 is 0 Å². The minimum Gasteiger partial charge on any atom is -0.0696 e. The molecule has 0 unspecified atom stereocenters. The number of aryl methyl sites for hydroxylation is 2. The molecule has 2 rings (SSSR count). The minimum atomic E-state index is 1.15. The Morgan fingerprint density at radius 3 is 2.29 bits per heavy atom. The van der Waals surface area contributed by atoms with E-state index in [1.165, 1.54) is 16.7 Å². The predicted octanol–water partition coefficient (Wildman–Crippen LogP) is 3.57. The lowest BCUT2D eigenvalue weighted by Gasteiger charge is -2.02. The maximum atomic E-state index is 3.15. The van der Waals surface area contributed by atoms with Crippen molar-refractivity contribution in [3.63, 3.8) is 0 Å². The topological polar surface area (TPSA) is 0 Å². The summed E-state index contributed by atoms with van der Waals surface area (Å²) in [6, 6.07) is 18.6. The summed E-state index contributed by atoms with van der Waals surface area (Å²) in [5, 5.41) is 0. The van der Waals surface area contributed by atoms with Gasteiger partial charge in [0.1, 0.15) is 0 Å². The quantitative estimate of drug-likeness (QED) is 0.629.